The van der Waals surface area contributed by atoms with Crippen molar-refractivity contribution in [2.45, 2.75) is 31.6 Å². The number of rotatable bonds is 3. The van der Waals surface area contributed by atoms with Gasteiger partial charge in [0.2, 0.25) is 11.8 Å². The largest absolute Gasteiger partial charge is 0.293 e. The number of nitro groups is 1. The van der Waals surface area contributed by atoms with E-state index in [1.807, 2.05) is 24.3 Å². The van der Waals surface area contributed by atoms with Crippen LogP contribution in [0.1, 0.15) is 36.4 Å². The van der Waals surface area contributed by atoms with Crippen LogP contribution in [0, 0.1) is 16.0 Å². The minimum Gasteiger partial charge on any atom is -0.274 e. The number of nitro benzene ring substituents is 1. The normalized spacial score (nSPS) is 20.9. The number of halogens is 1. The molecular formula is C23H18ClN3O4. The number of hydrogen-bond acceptors (Lipinski definition) is 5. The number of benzene rings is 2. The molecule has 1 aliphatic heterocycles. The van der Waals surface area contributed by atoms with E-state index in [-0.39, 0.29) is 23.7 Å². The molecule has 8 heteroatoms. The summed E-state index contributed by atoms with van der Waals surface area (Å²) in [6, 6.07) is 13.4. The van der Waals surface area contributed by atoms with Crippen LogP contribution in [0.15, 0.2) is 48.5 Å². The van der Waals surface area contributed by atoms with E-state index in [1.54, 1.807) is 6.07 Å². The quantitative estimate of drug-likeness (QED) is 0.335. The van der Waals surface area contributed by atoms with Crippen LogP contribution in [0.3, 0.4) is 0 Å². The lowest BCUT2D eigenvalue weighted by molar-refractivity contribution is -0.384. The van der Waals surface area contributed by atoms with E-state index < -0.39 is 22.7 Å². The Bertz CT molecular complexity index is 1260. The monoisotopic (exact) mass is 435 g/mol. The van der Waals surface area contributed by atoms with E-state index in [1.165, 1.54) is 18.2 Å². The summed E-state index contributed by atoms with van der Waals surface area (Å²) in [5, 5.41) is 13.0. The molecule has 2 amide bonds. The predicted molar refractivity (Wildman–Crippen MR) is 116 cm³/mol. The Morgan fingerprint density at radius 2 is 1.81 bits per heavy atom. The van der Waals surface area contributed by atoms with Crippen LogP contribution in [0.4, 0.5) is 11.4 Å². The third-order valence-corrected chi connectivity index (χ3v) is 6.67. The van der Waals surface area contributed by atoms with Crippen molar-refractivity contribution in [3.63, 3.8) is 0 Å². The molecule has 2 atom stereocenters. The van der Waals surface area contributed by atoms with Crippen LogP contribution in [0.5, 0.6) is 0 Å². The molecule has 0 N–H and O–H groups in total. The molecule has 1 saturated heterocycles. The summed E-state index contributed by atoms with van der Waals surface area (Å²) in [7, 11) is 0. The summed E-state index contributed by atoms with van der Waals surface area (Å²) in [4.78, 5) is 42.9. The second kappa shape index (κ2) is 7.42. The van der Waals surface area contributed by atoms with Gasteiger partial charge in [0.25, 0.3) is 5.69 Å². The first-order chi connectivity index (χ1) is 15.0. The maximum atomic E-state index is 13.4. The van der Waals surface area contributed by atoms with E-state index in [2.05, 4.69) is 0 Å². The number of carbonyl (C=O) groups excluding carboxylic acids is 2. The van der Waals surface area contributed by atoms with Crippen molar-refractivity contribution in [3.8, 4) is 0 Å². The third-order valence-electron chi connectivity index (χ3n) is 6.24. The van der Waals surface area contributed by atoms with Gasteiger partial charge in [-0.15, -0.1) is 0 Å². The van der Waals surface area contributed by atoms with Gasteiger partial charge in [0.1, 0.15) is 5.69 Å². The molecule has 5 rings (SSSR count). The van der Waals surface area contributed by atoms with Gasteiger partial charge < -0.3 is 0 Å². The van der Waals surface area contributed by atoms with Gasteiger partial charge in [0, 0.05) is 29.5 Å². The Morgan fingerprint density at radius 1 is 1.06 bits per heavy atom. The minimum atomic E-state index is -0.615. The zero-order valence-electron chi connectivity index (χ0n) is 16.5. The van der Waals surface area contributed by atoms with E-state index in [9.17, 15) is 19.7 Å². The molecule has 0 bridgehead atoms. The Hall–Kier alpha value is -3.32. The molecule has 0 unspecified atom stereocenters. The molecule has 156 valence electrons. The van der Waals surface area contributed by atoms with Crippen LogP contribution in [-0.2, 0) is 16.0 Å². The lowest BCUT2D eigenvalue weighted by Crippen LogP contribution is -2.33. The molecule has 1 aromatic heterocycles. The van der Waals surface area contributed by atoms with Crippen LogP contribution in [0.25, 0.3) is 10.9 Å². The predicted octanol–water partition coefficient (Wildman–Crippen LogP) is 4.80. The fraction of sp³-hybridized carbons (Fsp3) is 0.261. The average molecular weight is 436 g/mol. The van der Waals surface area contributed by atoms with Gasteiger partial charge in [-0.2, -0.15) is 0 Å². The number of imide groups is 1. The van der Waals surface area contributed by atoms with Gasteiger partial charge >= 0.3 is 0 Å². The van der Waals surface area contributed by atoms with Crippen molar-refractivity contribution >= 4 is 45.7 Å². The molecule has 1 fully saturated rings. The van der Waals surface area contributed by atoms with E-state index >= 15 is 0 Å². The highest BCUT2D eigenvalue weighted by Crippen LogP contribution is 2.45. The highest BCUT2D eigenvalue weighted by Gasteiger charge is 2.47. The van der Waals surface area contributed by atoms with Crippen LogP contribution in [-0.4, -0.2) is 21.7 Å². The van der Waals surface area contributed by atoms with Gasteiger partial charge in [0.05, 0.1) is 21.4 Å². The lowest BCUT2D eigenvalue weighted by Gasteiger charge is -2.29. The first-order valence-corrected chi connectivity index (χ1v) is 10.5. The Balaban J connectivity index is 1.57. The van der Waals surface area contributed by atoms with E-state index in [0.29, 0.717) is 11.4 Å². The zero-order chi connectivity index (χ0) is 21.7. The summed E-state index contributed by atoms with van der Waals surface area (Å²) in [5.41, 5.74) is 2.21. The van der Waals surface area contributed by atoms with Gasteiger partial charge in [0.15, 0.2) is 0 Å². The molecule has 3 aromatic rings. The molecule has 0 radical (unpaired) electrons. The highest BCUT2D eigenvalue weighted by atomic mass is 35.5. The van der Waals surface area contributed by atoms with Crippen LogP contribution < -0.4 is 4.90 Å². The van der Waals surface area contributed by atoms with Gasteiger partial charge in [-0.25, -0.2) is 4.90 Å². The van der Waals surface area contributed by atoms with Crippen LogP contribution in [0.2, 0.25) is 5.02 Å². The molecular weight excluding hydrogens is 418 g/mol. The number of nitrogens with zero attached hydrogens (tertiary/aromatic N) is 3. The van der Waals surface area contributed by atoms with E-state index in [4.69, 9.17) is 16.6 Å². The van der Waals surface area contributed by atoms with E-state index in [0.717, 1.165) is 39.9 Å². The van der Waals surface area contributed by atoms with Crippen molar-refractivity contribution in [1.82, 2.24) is 4.98 Å². The van der Waals surface area contributed by atoms with Crippen molar-refractivity contribution < 1.29 is 14.5 Å². The van der Waals surface area contributed by atoms with Gasteiger partial charge in [-0.1, -0.05) is 41.9 Å². The second-order valence-corrected chi connectivity index (χ2v) is 8.31. The molecule has 0 spiro atoms. The molecule has 2 aromatic carbocycles. The molecule has 2 heterocycles. The molecule has 7 nitrogen and oxygen atoms in total. The number of para-hydroxylation sites is 3. The van der Waals surface area contributed by atoms with Gasteiger partial charge in [-0.3, -0.25) is 24.7 Å². The van der Waals surface area contributed by atoms with Gasteiger partial charge in [-0.05, 0) is 37.0 Å². The number of anilines is 1. The maximum Gasteiger partial charge on any atom is 0.293 e. The summed E-state index contributed by atoms with van der Waals surface area (Å²) >= 11 is 6.70. The standard InChI is InChI=1S/C23H18ClN3O4/c24-21-14-6-1-2-9-17(14)25-22-13(7-5-8-15(21)22)16-12-20(28)26(23(16)29)18-10-3-4-11-19(18)27(30)31/h1-4,6,9-11,13,16H,5,7-8,12H2/t13-,16+/m1/s1. The lowest BCUT2D eigenvalue weighted by atomic mass is 9.77. The number of pyridine rings is 1. The summed E-state index contributed by atoms with van der Waals surface area (Å²) < 4.78 is 0. The summed E-state index contributed by atoms with van der Waals surface area (Å²) in [6.45, 7) is 0. The molecule has 31 heavy (non-hydrogen) atoms. The van der Waals surface area contributed by atoms with Crippen molar-refractivity contribution in [3.05, 3.63) is 74.9 Å². The number of fused-ring (bicyclic) bond motifs is 2. The fourth-order valence-corrected chi connectivity index (χ4v) is 5.18. The first-order valence-electron chi connectivity index (χ1n) is 10.1. The summed E-state index contributed by atoms with van der Waals surface area (Å²) in [6.07, 6.45) is 2.32. The van der Waals surface area contributed by atoms with Crippen molar-refractivity contribution in [1.29, 1.82) is 0 Å². The van der Waals surface area contributed by atoms with Crippen molar-refractivity contribution in [2.24, 2.45) is 5.92 Å². The number of amides is 2. The average Bonchev–Trinajstić information content (AvgIpc) is 3.07. The second-order valence-electron chi connectivity index (χ2n) is 7.93. The number of hydrogen-bond donors (Lipinski definition) is 0. The van der Waals surface area contributed by atoms with Crippen molar-refractivity contribution in [2.75, 3.05) is 4.90 Å². The Morgan fingerprint density at radius 3 is 2.61 bits per heavy atom. The van der Waals surface area contributed by atoms with Crippen LogP contribution >= 0.6 is 11.6 Å². The summed E-state index contributed by atoms with van der Waals surface area (Å²) in [5.74, 6) is -1.71. The highest BCUT2D eigenvalue weighted by molar-refractivity contribution is 6.36. The SMILES string of the molecule is O=C1C[C@@H]([C@H]2CCCc3c2nc2ccccc2c3Cl)C(=O)N1c1ccccc1[N+](=O)[O-]. The number of aromatic nitrogens is 1. The first kappa shape index (κ1) is 19.6. The third kappa shape index (κ3) is 3.08. The molecule has 0 saturated carbocycles. The molecule has 2 aliphatic rings. The smallest absolute Gasteiger partial charge is 0.274 e. The molecule has 1 aliphatic carbocycles. The Kier molecular flexibility index (Phi) is 4.70. The fourth-order valence-electron chi connectivity index (χ4n) is 4.83. The number of carbonyl (C=O) groups is 2. The maximum absolute atomic E-state index is 13.4. The topological polar surface area (TPSA) is 93.4 Å². The Labute approximate surface area is 182 Å². The minimum absolute atomic E-state index is 0.00111. The zero-order valence-corrected chi connectivity index (χ0v) is 17.2.